The fourth-order valence-electron chi connectivity index (χ4n) is 3.41. The SMILES string of the molecule is CCc1[nH]c(C(=O)N[C@H]2CCN(c3nc(C(=O)N(C)C)c(C(=O)O)s3)C[C@H]2OC)nc1Cl. The Bertz CT molecular complexity index is 1020. The van der Waals surface area contributed by atoms with Gasteiger partial charge in [-0.25, -0.2) is 14.8 Å². The van der Waals surface area contributed by atoms with Crippen molar-refractivity contribution in [2.75, 3.05) is 39.2 Å². The van der Waals surface area contributed by atoms with Gasteiger partial charge >= 0.3 is 5.97 Å². The number of carbonyl (C=O) groups excluding carboxylic acids is 2. The third-order valence-corrected chi connectivity index (χ3v) is 6.58. The quantitative estimate of drug-likeness (QED) is 0.537. The van der Waals surface area contributed by atoms with Crippen LogP contribution in [-0.4, -0.2) is 89.2 Å². The average Bonchev–Trinajstić information content (AvgIpc) is 3.37. The highest BCUT2D eigenvalue weighted by Gasteiger charge is 2.34. The predicted octanol–water partition coefficient (Wildman–Crippen LogP) is 1.51. The van der Waals surface area contributed by atoms with E-state index >= 15 is 0 Å². The number of carboxylic acids is 1. The molecule has 1 aliphatic heterocycles. The second kappa shape index (κ2) is 9.84. The fraction of sp³-hybridized carbons (Fsp3) is 0.526. The number of aromatic carboxylic acids is 1. The van der Waals surface area contributed by atoms with Crippen molar-refractivity contribution in [1.82, 2.24) is 25.2 Å². The lowest BCUT2D eigenvalue weighted by molar-refractivity contribution is 0.0538. The van der Waals surface area contributed by atoms with Crippen molar-refractivity contribution in [3.05, 3.63) is 27.2 Å². The number of methoxy groups -OCH3 is 1. The first-order valence-corrected chi connectivity index (χ1v) is 11.1. The Hall–Kier alpha value is -2.70. The number of hydrogen-bond donors (Lipinski definition) is 3. The number of nitrogens with one attached hydrogen (secondary N) is 2. The molecule has 1 saturated heterocycles. The molecule has 0 bridgehead atoms. The van der Waals surface area contributed by atoms with Gasteiger partial charge in [0.15, 0.2) is 21.8 Å². The Morgan fingerprint density at radius 1 is 1.38 bits per heavy atom. The molecule has 3 rings (SSSR count). The number of halogens is 1. The van der Waals surface area contributed by atoms with E-state index in [0.717, 1.165) is 11.3 Å². The Morgan fingerprint density at radius 3 is 2.66 bits per heavy atom. The van der Waals surface area contributed by atoms with Crippen molar-refractivity contribution < 1.29 is 24.2 Å². The number of aryl methyl sites for hydroxylation is 1. The van der Waals surface area contributed by atoms with Gasteiger partial charge in [-0.2, -0.15) is 0 Å². The number of imidazole rings is 1. The van der Waals surface area contributed by atoms with Crippen LogP contribution in [0.5, 0.6) is 0 Å². The van der Waals surface area contributed by atoms with Crippen LogP contribution in [0.4, 0.5) is 5.13 Å². The van der Waals surface area contributed by atoms with Crippen LogP contribution >= 0.6 is 22.9 Å². The molecule has 0 aromatic carbocycles. The van der Waals surface area contributed by atoms with Crippen LogP contribution in [0.15, 0.2) is 0 Å². The van der Waals surface area contributed by atoms with Gasteiger partial charge in [0.05, 0.1) is 17.8 Å². The topological polar surface area (TPSA) is 141 Å². The molecular formula is C19H25ClN6O5S. The zero-order valence-electron chi connectivity index (χ0n) is 18.1. The first-order chi connectivity index (χ1) is 15.2. The number of aromatic amines is 1. The Kier molecular flexibility index (Phi) is 7.36. The van der Waals surface area contributed by atoms with E-state index in [4.69, 9.17) is 16.3 Å². The molecule has 13 heteroatoms. The summed E-state index contributed by atoms with van der Waals surface area (Å²) in [7, 11) is 4.62. The summed E-state index contributed by atoms with van der Waals surface area (Å²) in [6.07, 6.45) is 0.773. The first kappa shape index (κ1) is 24.0. The number of rotatable bonds is 7. The second-order valence-corrected chi connectivity index (χ2v) is 8.81. The lowest BCUT2D eigenvalue weighted by Gasteiger charge is -2.37. The maximum atomic E-state index is 12.6. The number of carboxylic acid groups (broad SMARTS) is 1. The molecule has 0 saturated carbocycles. The molecule has 0 aliphatic carbocycles. The van der Waals surface area contributed by atoms with Crippen LogP contribution in [-0.2, 0) is 11.2 Å². The predicted molar refractivity (Wildman–Crippen MR) is 119 cm³/mol. The van der Waals surface area contributed by atoms with E-state index in [2.05, 4.69) is 20.3 Å². The molecule has 11 nitrogen and oxygen atoms in total. The maximum absolute atomic E-state index is 12.6. The van der Waals surface area contributed by atoms with Gasteiger partial charge in [0.2, 0.25) is 0 Å². The number of piperidine rings is 1. The monoisotopic (exact) mass is 484 g/mol. The summed E-state index contributed by atoms with van der Waals surface area (Å²) in [5.41, 5.74) is 0.601. The number of hydrogen-bond acceptors (Lipinski definition) is 8. The molecule has 2 amide bonds. The number of aromatic nitrogens is 3. The van der Waals surface area contributed by atoms with Gasteiger partial charge in [-0.15, -0.1) is 0 Å². The first-order valence-electron chi connectivity index (χ1n) is 9.94. The van der Waals surface area contributed by atoms with Crippen LogP contribution in [0.1, 0.15) is 49.8 Å². The summed E-state index contributed by atoms with van der Waals surface area (Å²) in [4.78, 5) is 50.9. The molecule has 2 aromatic heterocycles. The third kappa shape index (κ3) is 4.87. The van der Waals surface area contributed by atoms with Crippen molar-refractivity contribution in [2.24, 2.45) is 0 Å². The van der Waals surface area contributed by atoms with Gasteiger partial charge < -0.3 is 29.9 Å². The molecule has 0 spiro atoms. The van der Waals surface area contributed by atoms with Gasteiger partial charge in [-0.1, -0.05) is 29.9 Å². The minimum Gasteiger partial charge on any atom is -0.477 e. The van der Waals surface area contributed by atoms with Crippen LogP contribution in [0, 0.1) is 0 Å². The summed E-state index contributed by atoms with van der Waals surface area (Å²) in [6, 6.07) is -0.292. The highest BCUT2D eigenvalue weighted by molar-refractivity contribution is 7.17. The van der Waals surface area contributed by atoms with E-state index in [1.165, 1.54) is 26.1 Å². The summed E-state index contributed by atoms with van der Waals surface area (Å²) < 4.78 is 5.58. The molecule has 0 radical (unpaired) electrons. The van der Waals surface area contributed by atoms with Gasteiger partial charge in [0, 0.05) is 34.3 Å². The molecule has 174 valence electrons. The highest BCUT2D eigenvalue weighted by Crippen LogP contribution is 2.30. The fourth-order valence-corrected chi connectivity index (χ4v) is 4.60. The van der Waals surface area contributed by atoms with E-state index in [9.17, 15) is 19.5 Å². The zero-order chi connectivity index (χ0) is 23.6. The Balaban J connectivity index is 1.74. The van der Waals surface area contributed by atoms with Crippen LogP contribution in [0.25, 0.3) is 0 Å². The molecule has 3 heterocycles. The Morgan fingerprint density at radius 2 is 2.09 bits per heavy atom. The minimum atomic E-state index is -1.20. The normalized spacial score (nSPS) is 18.5. The molecule has 3 N–H and O–H groups in total. The summed E-state index contributed by atoms with van der Waals surface area (Å²) in [5.74, 6) is -1.91. The third-order valence-electron chi connectivity index (χ3n) is 5.16. The molecule has 2 aromatic rings. The van der Waals surface area contributed by atoms with E-state index in [0.29, 0.717) is 36.8 Å². The van der Waals surface area contributed by atoms with Crippen LogP contribution < -0.4 is 10.2 Å². The second-order valence-electron chi connectivity index (χ2n) is 7.48. The number of thiazole rings is 1. The summed E-state index contributed by atoms with van der Waals surface area (Å²) in [5, 5.41) is 13.1. The van der Waals surface area contributed by atoms with E-state index < -0.39 is 11.9 Å². The molecule has 1 fully saturated rings. The van der Waals surface area contributed by atoms with Gasteiger partial charge in [0.25, 0.3) is 11.8 Å². The molecular weight excluding hydrogens is 460 g/mol. The lowest BCUT2D eigenvalue weighted by Crippen LogP contribution is -2.55. The summed E-state index contributed by atoms with van der Waals surface area (Å²) >= 11 is 6.97. The van der Waals surface area contributed by atoms with E-state index in [1.54, 1.807) is 0 Å². The van der Waals surface area contributed by atoms with Gasteiger partial charge in [0.1, 0.15) is 4.88 Å². The van der Waals surface area contributed by atoms with Crippen molar-refractivity contribution >= 4 is 45.9 Å². The standard InChI is InChI=1S/C19H25ClN6O5S/c1-5-9-14(20)24-15(21-9)16(27)22-10-6-7-26(8-11(10)31-4)19-23-12(17(28)25(2)3)13(32-19)18(29)30/h10-11H,5-8H2,1-4H3,(H,21,24)(H,22,27)(H,29,30)/t10-,11+/m0/s1. The molecule has 0 unspecified atom stereocenters. The number of anilines is 1. The van der Waals surface area contributed by atoms with Crippen molar-refractivity contribution in [2.45, 2.75) is 31.9 Å². The van der Waals surface area contributed by atoms with Crippen molar-refractivity contribution in [3.63, 3.8) is 0 Å². The number of carbonyl (C=O) groups is 3. The smallest absolute Gasteiger partial charge is 0.348 e. The van der Waals surface area contributed by atoms with Crippen molar-refractivity contribution in [3.8, 4) is 0 Å². The number of H-pyrrole nitrogens is 1. The molecule has 32 heavy (non-hydrogen) atoms. The van der Waals surface area contributed by atoms with E-state index in [-0.39, 0.29) is 39.6 Å². The number of ether oxygens (including phenoxy) is 1. The molecule has 2 atom stereocenters. The number of nitrogens with zero attached hydrogens (tertiary/aromatic N) is 4. The van der Waals surface area contributed by atoms with Gasteiger partial charge in [-0.05, 0) is 12.8 Å². The maximum Gasteiger partial charge on any atom is 0.348 e. The van der Waals surface area contributed by atoms with Crippen LogP contribution in [0.3, 0.4) is 0 Å². The zero-order valence-corrected chi connectivity index (χ0v) is 19.7. The largest absolute Gasteiger partial charge is 0.477 e. The van der Waals surface area contributed by atoms with Crippen LogP contribution in [0.2, 0.25) is 5.15 Å². The van der Waals surface area contributed by atoms with Crippen molar-refractivity contribution in [1.29, 1.82) is 0 Å². The van der Waals surface area contributed by atoms with E-state index in [1.807, 2.05) is 11.8 Å². The average molecular weight is 485 g/mol. The number of amides is 2. The molecule has 1 aliphatic rings. The highest BCUT2D eigenvalue weighted by atomic mass is 35.5. The Labute approximate surface area is 193 Å². The minimum absolute atomic E-state index is 0.0895. The van der Waals surface area contributed by atoms with Gasteiger partial charge in [-0.3, -0.25) is 9.59 Å². The lowest BCUT2D eigenvalue weighted by atomic mass is 10.0. The summed E-state index contributed by atoms with van der Waals surface area (Å²) in [6.45, 7) is 2.76.